The van der Waals surface area contributed by atoms with Gasteiger partial charge in [-0.15, -0.1) is 6.58 Å². The molecule has 0 atom stereocenters. The standard InChI is InChI=1S/C16H33N/c1-4-7-10-13-16-17(14-11-8-5-2)15-12-9-6-3/h5H,2,4,6-16H2,1,3H3. The zero-order chi connectivity index (χ0) is 12.8. The largest absolute Gasteiger partial charge is 0.303 e. The third-order valence-electron chi connectivity index (χ3n) is 3.29. The summed E-state index contributed by atoms with van der Waals surface area (Å²) >= 11 is 0. The highest BCUT2D eigenvalue weighted by atomic mass is 15.1. The van der Waals surface area contributed by atoms with Gasteiger partial charge in [-0.1, -0.05) is 52.0 Å². The number of nitrogens with zero attached hydrogens (tertiary/aromatic N) is 1. The van der Waals surface area contributed by atoms with Gasteiger partial charge >= 0.3 is 0 Å². The number of allylic oxidation sites excluding steroid dienone is 1. The maximum atomic E-state index is 3.80. The SMILES string of the molecule is C=CCCCN(CCCCC)CCCCCC. The van der Waals surface area contributed by atoms with Crippen molar-refractivity contribution in [2.45, 2.75) is 71.6 Å². The molecule has 0 radical (unpaired) electrons. The summed E-state index contributed by atoms with van der Waals surface area (Å²) in [7, 11) is 0. The minimum absolute atomic E-state index is 1.17. The Morgan fingerprint density at radius 2 is 1.29 bits per heavy atom. The van der Waals surface area contributed by atoms with Gasteiger partial charge in [0.25, 0.3) is 0 Å². The van der Waals surface area contributed by atoms with Crippen LogP contribution < -0.4 is 0 Å². The number of unbranched alkanes of at least 4 members (excludes halogenated alkanes) is 6. The van der Waals surface area contributed by atoms with Crippen molar-refractivity contribution in [3.63, 3.8) is 0 Å². The highest BCUT2D eigenvalue weighted by molar-refractivity contribution is 4.68. The van der Waals surface area contributed by atoms with Gasteiger partial charge in [0.2, 0.25) is 0 Å². The highest BCUT2D eigenvalue weighted by Crippen LogP contribution is 2.05. The molecule has 0 unspecified atom stereocenters. The van der Waals surface area contributed by atoms with Gasteiger partial charge in [-0.3, -0.25) is 0 Å². The fourth-order valence-electron chi connectivity index (χ4n) is 2.14. The van der Waals surface area contributed by atoms with Crippen LogP contribution >= 0.6 is 0 Å². The van der Waals surface area contributed by atoms with Gasteiger partial charge in [-0.2, -0.15) is 0 Å². The normalized spacial score (nSPS) is 11.0. The third-order valence-corrected chi connectivity index (χ3v) is 3.29. The van der Waals surface area contributed by atoms with Crippen molar-refractivity contribution < 1.29 is 0 Å². The first-order valence-corrected chi connectivity index (χ1v) is 7.68. The Bertz CT molecular complexity index is 154. The minimum atomic E-state index is 1.17. The summed E-state index contributed by atoms with van der Waals surface area (Å²) in [5.74, 6) is 0. The van der Waals surface area contributed by atoms with Crippen LogP contribution in [0.2, 0.25) is 0 Å². The topological polar surface area (TPSA) is 3.24 Å². The molecule has 0 aromatic carbocycles. The summed E-state index contributed by atoms with van der Waals surface area (Å²) in [6.45, 7) is 12.2. The number of rotatable bonds is 13. The lowest BCUT2D eigenvalue weighted by molar-refractivity contribution is 0.259. The van der Waals surface area contributed by atoms with E-state index in [2.05, 4.69) is 25.3 Å². The first kappa shape index (κ1) is 16.7. The van der Waals surface area contributed by atoms with E-state index in [1.54, 1.807) is 0 Å². The van der Waals surface area contributed by atoms with Crippen LogP contribution in [0.3, 0.4) is 0 Å². The van der Waals surface area contributed by atoms with Crippen molar-refractivity contribution in [3.8, 4) is 0 Å². The Morgan fingerprint density at radius 3 is 1.88 bits per heavy atom. The smallest absolute Gasteiger partial charge is 0.00158 e. The van der Waals surface area contributed by atoms with Gasteiger partial charge in [0.1, 0.15) is 0 Å². The van der Waals surface area contributed by atoms with Crippen LogP contribution in [0.5, 0.6) is 0 Å². The van der Waals surface area contributed by atoms with Crippen LogP contribution in [0.1, 0.15) is 71.6 Å². The van der Waals surface area contributed by atoms with Crippen molar-refractivity contribution in [1.29, 1.82) is 0 Å². The molecule has 17 heavy (non-hydrogen) atoms. The molecule has 0 N–H and O–H groups in total. The molecule has 0 spiro atoms. The summed E-state index contributed by atoms with van der Waals surface area (Å²) in [4.78, 5) is 2.66. The molecule has 0 aromatic heterocycles. The monoisotopic (exact) mass is 239 g/mol. The lowest BCUT2D eigenvalue weighted by atomic mass is 10.1. The molecule has 0 saturated heterocycles. The molecular formula is C16H33N. The predicted molar refractivity (Wildman–Crippen MR) is 79.5 cm³/mol. The van der Waals surface area contributed by atoms with Crippen molar-refractivity contribution in [2.75, 3.05) is 19.6 Å². The second kappa shape index (κ2) is 13.8. The van der Waals surface area contributed by atoms with Gasteiger partial charge in [0.05, 0.1) is 0 Å². The van der Waals surface area contributed by atoms with Crippen LogP contribution in [-0.2, 0) is 0 Å². The molecule has 0 bridgehead atoms. The number of hydrogen-bond acceptors (Lipinski definition) is 1. The predicted octanol–water partition coefficient (Wildman–Crippen LogP) is 5.03. The third kappa shape index (κ3) is 12.0. The Kier molecular flexibility index (Phi) is 13.5. The van der Waals surface area contributed by atoms with E-state index in [4.69, 9.17) is 0 Å². The number of hydrogen-bond donors (Lipinski definition) is 0. The molecule has 0 saturated carbocycles. The van der Waals surface area contributed by atoms with E-state index < -0.39 is 0 Å². The van der Waals surface area contributed by atoms with Gasteiger partial charge in [-0.05, 0) is 45.3 Å². The van der Waals surface area contributed by atoms with Crippen LogP contribution in [0.15, 0.2) is 12.7 Å². The van der Waals surface area contributed by atoms with E-state index in [0.29, 0.717) is 0 Å². The van der Waals surface area contributed by atoms with Crippen LogP contribution in [-0.4, -0.2) is 24.5 Å². The molecule has 0 aliphatic heterocycles. The van der Waals surface area contributed by atoms with Crippen molar-refractivity contribution >= 4 is 0 Å². The molecule has 0 aliphatic rings. The van der Waals surface area contributed by atoms with Crippen LogP contribution in [0, 0.1) is 0 Å². The van der Waals surface area contributed by atoms with E-state index >= 15 is 0 Å². The first-order valence-electron chi connectivity index (χ1n) is 7.68. The second-order valence-electron chi connectivity index (χ2n) is 5.04. The lowest BCUT2D eigenvalue weighted by Gasteiger charge is -2.22. The average Bonchev–Trinajstić information content (AvgIpc) is 2.34. The Hall–Kier alpha value is -0.300. The van der Waals surface area contributed by atoms with Crippen molar-refractivity contribution in [1.82, 2.24) is 4.90 Å². The van der Waals surface area contributed by atoms with Crippen molar-refractivity contribution in [2.24, 2.45) is 0 Å². The molecular weight excluding hydrogens is 206 g/mol. The van der Waals surface area contributed by atoms with E-state index in [9.17, 15) is 0 Å². The Morgan fingerprint density at radius 1 is 0.765 bits per heavy atom. The van der Waals surface area contributed by atoms with Crippen LogP contribution in [0.25, 0.3) is 0 Å². The summed E-state index contributed by atoms with van der Waals surface area (Å²) in [6.07, 6.45) is 14.1. The summed E-state index contributed by atoms with van der Waals surface area (Å²) in [5.41, 5.74) is 0. The molecule has 0 rings (SSSR count). The molecule has 0 heterocycles. The maximum Gasteiger partial charge on any atom is -0.00158 e. The van der Waals surface area contributed by atoms with Gasteiger partial charge < -0.3 is 4.90 Å². The van der Waals surface area contributed by atoms with E-state index in [1.807, 2.05) is 6.08 Å². The highest BCUT2D eigenvalue weighted by Gasteiger charge is 2.03. The van der Waals surface area contributed by atoms with E-state index in [1.165, 1.54) is 77.4 Å². The van der Waals surface area contributed by atoms with Gasteiger partial charge in [-0.25, -0.2) is 0 Å². The molecule has 1 nitrogen and oxygen atoms in total. The summed E-state index contributed by atoms with van der Waals surface area (Å²) < 4.78 is 0. The van der Waals surface area contributed by atoms with E-state index in [0.717, 1.165) is 0 Å². The molecule has 1 heteroatoms. The van der Waals surface area contributed by atoms with Gasteiger partial charge in [0, 0.05) is 0 Å². The average molecular weight is 239 g/mol. The van der Waals surface area contributed by atoms with Crippen LogP contribution in [0.4, 0.5) is 0 Å². The quantitative estimate of drug-likeness (QED) is 0.322. The lowest BCUT2D eigenvalue weighted by Crippen LogP contribution is -2.27. The molecule has 0 fully saturated rings. The fraction of sp³-hybridized carbons (Fsp3) is 0.875. The Balaban J connectivity index is 3.63. The molecule has 0 amide bonds. The second-order valence-corrected chi connectivity index (χ2v) is 5.04. The fourth-order valence-corrected chi connectivity index (χ4v) is 2.14. The zero-order valence-electron chi connectivity index (χ0n) is 12.2. The molecule has 0 aliphatic carbocycles. The van der Waals surface area contributed by atoms with E-state index in [-0.39, 0.29) is 0 Å². The molecule has 102 valence electrons. The summed E-state index contributed by atoms with van der Waals surface area (Å²) in [5, 5.41) is 0. The zero-order valence-corrected chi connectivity index (χ0v) is 12.2. The Labute approximate surface area is 109 Å². The van der Waals surface area contributed by atoms with Crippen molar-refractivity contribution in [3.05, 3.63) is 12.7 Å². The van der Waals surface area contributed by atoms with Gasteiger partial charge in [0.15, 0.2) is 0 Å². The maximum absolute atomic E-state index is 3.80. The summed E-state index contributed by atoms with van der Waals surface area (Å²) in [6, 6.07) is 0. The minimum Gasteiger partial charge on any atom is -0.303 e. The first-order chi connectivity index (χ1) is 8.35. The molecule has 0 aromatic rings.